The fourth-order valence-corrected chi connectivity index (χ4v) is 4.20. The van der Waals surface area contributed by atoms with E-state index in [2.05, 4.69) is 10.3 Å². The second-order valence-corrected chi connectivity index (χ2v) is 8.25. The maximum Gasteiger partial charge on any atom is 0.231 e. The Morgan fingerprint density at radius 1 is 1.32 bits per heavy atom. The van der Waals surface area contributed by atoms with Crippen LogP contribution in [0.15, 0.2) is 0 Å². The van der Waals surface area contributed by atoms with E-state index in [1.807, 2.05) is 20.8 Å². The third kappa shape index (κ3) is 3.02. The Kier molecular flexibility index (Phi) is 3.97. The summed E-state index contributed by atoms with van der Waals surface area (Å²) in [5.41, 5.74) is 0.914. The number of hydrogen-bond acceptors (Lipinski definition) is 4. The van der Waals surface area contributed by atoms with Crippen LogP contribution in [0.5, 0.6) is 0 Å². The van der Waals surface area contributed by atoms with Gasteiger partial charge in [-0.1, -0.05) is 0 Å². The van der Waals surface area contributed by atoms with E-state index in [0.717, 1.165) is 18.5 Å². The zero-order valence-electron chi connectivity index (χ0n) is 13.4. The van der Waals surface area contributed by atoms with Crippen LogP contribution in [0.2, 0.25) is 0 Å². The van der Waals surface area contributed by atoms with Crippen molar-refractivity contribution in [3.8, 4) is 0 Å². The lowest BCUT2D eigenvalue weighted by Crippen LogP contribution is -2.42. The molecule has 2 heterocycles. The highest BCUT2D eigenvalue weighted by molar-refractivity contribution is 7.15. The van der Waals surface area contributed by atoms with Gasteiger partial charge in [-0.2, -0.15) is 0 Å². The summed E-state index contributed by atoms with van der Waals surface area (Å²) in [5, 5.41) is 3.62. The fraction of sp³-hybridized carbons (Fsp3) is 0.688. The molecule has 5 nitrogen and oxygen atoms in total. The van der Waals surface area contributed by atoms with Crippen molar-refractivity contribution in [2.75, 3.05) is 11.9 Å². The predicted molar refractivity (Wildman–Crippen MR) is 87.0 cm³/mol. The first kappa shape index (κ1) is 15.5. The topological polar surface area (TPSA) is 62.3 Å². The number of likely N-dealkylation sites (tertiary alicyclic amines) is 1. The molecule has 1 N–H and O–H groups in total. The number of aryl methyl sites for hydroxylation is 2. The van der Waals surface area contributed by atoms with Crippen LogP contribution in [-0.4, -0.2) is 33.8 Å². The minimum absolute atomic E-state index is 0.0612. The smallest absolute Gasteiger partial charge is 0.231 e. The van der Waals surface area contributed by atoms with E-state index in [9.17, 15) is 9.59 Å². The molecule has 1 aromatic rings. The molecule has 0 bridgehead atoms. The molecule has 0 aromatic carbocycles. The summed E-state index contributed by atoms with van der Waals surface area (Å²) in [6, 6.07) is 0. The van der Waals surface area contributed by atoms with Gasteiger partial charge in [0, 0.05) is 23.4 Å². The van der Waals surface area contributed by atoms with E-state index >= 15 is 0 Å². The Bertz CT molecular complexity index is 580. The maximum absolute atomic E-state index is 12.4. The summed E-state index contributed by atoms with van der Waals surface area (Å²) >= 11 is 1.59. The lowest BCUT2D eigenvalue weighted by atomic mass is 10.0. The molecule has 1 fully saturated rings. The third-order valence-electron chi connectivity index (χ3n) is 4.38. The molecule has 6 heteroatoms. The highest BCUT2D eigenvalue weighted by Gasteiger charge is 2.39. The second-order valence-electron chi connectivity index (χ2n) is 7.16. The van der Waals surface area contributed by atoms with Crippen molar-refractivity contribution in [3.63, 3.8) is 0 Å². The molecule has 0 spiro atoms. The lowest BCUT2D eigenvalue weighted by molar-refractivity contribution is -0.131. The van der Waals surface area contributed by atoms with E-state index < -0.39 is 0 Å². The van der Waals surface area contributed by atoms with Crippen molar-refractivity contribution in [1.82, 2.24) is 9.88 Å². The molecule has 1 aromatic heterocycles. The number of hydrogen-bond donors (Lipinski definition) is 1. The van der Waals surface area contributed by atoms with Gasteiger partial charge in [0.2, 0.25) is 11.8 Å². The number of nitrogens with one attached hydrogen (secondary N) is 1. The number of anilines is 1. The van der Waals surface area contributed by atoms with Crippen molar-refractivity contribution in [3.05, 3.63) is 10.6 Å². The number of carbonyl (C=O) groups excluding carboxylic acids is 2. The highest BCUT2D eigenvalue weighted by atomic mass is 32.1. The minimum Gasteiger partial charge on any atom is -0.337 e. The summed E-state index contributed by atoms with van der Waals surface area (Å²) < 4.78 is 0. The summed E-state index contributed by atoms with van der Waals surface area (Å²) in [6.45, 7) is 6.50. The van der Waals surface area contributed by atoms with E-state index in [4.69, 9.17) is 0 Å². The van der Waals surface area contributed by atoms with Gasteiger partial charge in [0.05, 0.1) is 11.6 Å². The van der Waals surface area contributed by atoms with Crippen LogP contribution in [0.4, 0.5) is 5.13 Å². The number of thiazole rings is 1. The van der Waals surface area contributed by atoms with Gasteiger partial charge in [-0.25, -0.2) is 4.98 Å². The molecule has 120 valence electrons. The van der Waals surface area contributed by atoms with E-state index in [1.165, 1.54) is 17.7 Å². The van der Waals surface area contributed by atoms with Crippen LogP contribution in [-0.2, 0) is 22.4 Å². The van der Waals surface area contributed by atoms with Crippen LogP contribution in [0.25, 0.3) is 0 Å². The number of amides is 2. The monoisotopic (exact) mass is 321 g/mol. The van der Waals surface area contributed by atoms with Crippen molar-refractivity contribution < 1.29 is 9.59 Å². The zero-order chi connectivity index (χ0) is 15.9. The molecular formula is C16H23N3O2S. The van der Waals surface area contributed by atoms with Crippen LogP contribution in [0, 0.1) is 5.92 Å². The maximum atomic E-state index is 12.4. The molecule has 1 aliphatic heterocycles. The van der Waals surface area contributed by atoms with Crippen LogP contribution in [0.3, 0.4) is 0 Å². The average molecular weight is 321 g/mol. The Labute approximate surface area is 135 Å². The molecule has 1 aliphatic carbocycles. The van der Waals surface area contributed by atoms with Crippen LogP contribution in [0.1, 0.15) is 50.6 Å². The zero-order valence-corrected chi connectivity index (χ0v) is 14.3. The molecule has 1 atom stereocenters. The van der Waals surface area contributed by atoms with Gasteiger partial charge in [0.1, 0.15) is 0 Å². The quantitative estimate of drug-likeness (QED) is 0.911. The van der Waals surface area contributed by atoms with E-state index in [1.54, 1.807) is 16.2 Å². The molecular weight excluding hydrogens is 298 g/mol. The van der Waals surface area contributed by atoms with Crippen molar-refractivity contribution in [2.24, 2.45) is 5.92 Å². The highest BCUT2D eigenvalue weighted by Crippen LogP contribution is 2.31. The Hall–Kier alpha value is -1.43. The Balaban J connectivity index is 1.65. The normalized spacial score (nSPS) is 21.9. The van der Waals surface area contributed by atoms with Crippen molar-refractivity contribution in [2.45, 2.75) is 58.4 Å². The van der Waals surface area contributed by atoms with Crippen molar-refractivity contribution >= 4 is 28.3 Å². The van der Waals surface area contributed by atoms with Gasteiger partial charge in [-0.3, -0.25) is 9.59 Å². The van der Waals surface area contributed by atoms with Gasteiger partial charge in [0.25, 0.3) is 0 Å². The molecule has 0 radical (unpaired) electrons. The standard InChI is InChI=1S/C16H23N3O2S/c1-16(2,3)19-9-10(8-13(19)20)14(21)18-15-17-11-6-4-5-7-12(11)22-15/h10H,4-9H2,1-3H3,(H,17,18,21)/t10-/m1/s1. The molecule has 2 aliphatic rings. The Morgan fingerprint density at radius 2 is 2.05 bits per heavy atom. The number of aromatic nitrogens is 1. The van der Waals surface area contributed by atoms with Crippen LogP contribution >= 0.6 is 11.3 Å². The predicted octanol–water partition coefficient (Wildman–Crippen LogP) is 2.61. The Morgan fingerprint density at radius 3 is 2.68 bits per heavy atom. The van der Waals surface area contributed by atoms with Gasteiger partial charge < -0.3 is 10.2 Å². The molecule has 3 rings (SSSR count). The summed E-state index contributed by atoms with van der Waals surface area (Å²) in [6.07, 6.45) is 4.78. The molecule has 22 heavy (non-hydrogen) atoms. The second kappa shape index (κ2) is 5.65. The van der Waals surface area contributed by atoms with Gasteiger partial charge in [-0.15, -0.1) is 11.3 Å². The summed E-state index contributed by atoms with van der Waals surface area (Å²) in [4.78, 5) is 32.1. The largest absolute Gasteiger partial charge is 0.337 e. The minimum atomic E-state index is -0.271. The third-order valence-corrected chi connectivity index (χ3v) is 5.45. The summed E-state index contributed by atoms with van der Waals surface area (Å²) in [7, 11) is 0. The number of fused-ring (bicyclic) bond motifs is 1. The van der Waals surface area contributed by atoms with Gasteiger partial charge >= 0.3 is 0 Å². The number of carbonyl (C=O) groups is 2. The molecule has 0 unspecified atom stereocenters. The van der Waals surface area contributed by atoms with Crippen molar-refractivity contribution in [1.29, 1.82) is 0 Å². The van der Waals surface area contributed by atoms with Gasteiger partial charge in [-0.05, 0) is 46.5 Å². The fourth-order valence-electron chi connectivity index (χ4n) is 3.14. The first-order valence-electron chi connectivity index (χ1n) is 7.94. The SMILES string of the molecule is CC(C)(C)N1C[C@H](C(=O)Nc2nc3c(s2)CCCC3)CC1=O. The number of rotatable bonds is 2. The van der Waals surface area contributed by atoms with Crippen LogP contribution < -0.4 is 5.32 Å². The molecule has 1 saturated heterocycles. The number of nitrogens with zero attached hydrogens (tertiary/aromatic N) is 2. The average Bonchev–Trinajstić information content (AvgIpc) is 3.00. The first-order chi connectivity index (χ1) is 10.3. The summed E-state index contributed by atoms with van der Waals surface area (Å²) in [5.74, 6) is -0.287. The first-order valence-corrected chi connectivity index (χ1v) is 8.76. The lowest BCUT2D eigenvalue weighted by Gasteiger charge is -2.31. The van der Waals surface area contributed by atoms with E-state index in [0.29, 0.717) is 18.1 Å². The molecule has 0 saturated carbocycles. The molecule has 2 amide bonds. The van der Waals surface area contributed by atoms with Gasteiger partial charge in [0.15, 0.2) is 5.13 Å². The van der Waals surface area contributed by atoms with E-state index in [-0.39, 0.29) is 23.3 Å².